The van der Waals surface area contributed by atoms with Crippen molar-refractivity contribution in [2.75, 3.05) is 30.3 Å². The van der Waals surface area contributed by atoms with Crippen molar-refractivity contribution in [2.45, 2.75) is 32.1 Å². The van der Waals surface area contributed by atoms with Crippen molar-refractivity contribution in [2.24, 2.45) is 5.41 Å². The van der Waals surface area contributed by atoms with E-state index in [0.29, 0.717) is 17.1 Å². The Bertz CT molecular complexity index is 640. The summed E-state index contributed by atoms with van der Waals surface area (Å²) in [7, 11) is 0. The van der Waals surface area contributed by atoms with Gasteiger partial charge in [-0.05, 0) is 43.2 Å². The monoisotopic (exact) mass is 349 g/mol. The number of rotatable bonds is 2. The molecule has 0 unspecified atom stereocenters. The lowest BCUT2D eigenvalue weighted by atomic mass is 9.72. The van der Waals surface area contributed by atoms with Crippen molar-refractivity contribution in [1.82, 2.24) is 10.9 Å². The molecule has 2 saturated heterocycles. The van der Waals surface area contributed by atoms with Gasteiger partial charge in [0, 0.05) is 54.2 Å². The van der Waals surface area contributed by atoms with Crippen LogP contribution in [0.3, 0.4) is 0 Å². The number of nitrogens with zero attached hydrogens (tertiary/aromatic N) is 1. The third-order valence-corrected chi connectivity index (χ3v) is 5.57. The van der Waals surface area contributed by atoms with Crippen molar-refractivity contribution in [1.29, 1.82) is 5.41 Å². The van der Waals surface area contributed by atoms with Gasteiger partial charge in [0.05, 0.1) is 0 Å². The lowest BCUT2D eigenvalue weighted by molar-refractivity contribution is -0.123. The summed E-state index contributed by atoms with van der Waals surface area (Å²) in [5, 5.41) is 8.25. The Morgan fingerprint density at radius 2 is 2.00 bits per heavy atom. The summed E-state index contributed by atoms with van der Waals surface area (Å²) in [5.74, 6) is 0.0743. The van der Waals surface area contributed by atoms with Gasteiger partial charge in [-0.1, -0.05) is 11.6 Å². The molecular formula is C17H24ClN5O. The molecule has 2 aliphatic rings. The summed E-state index contributed by atoms with van der Waals surface area (Å²) in [6.07, 6.45) is 5.94. The first-order chi connectivity index (χ1) is 11.5. The quantitative estimate of drug-likeness (QED) is 0.487. The number of hydrogen-bond donors (Lipinski definition) is 4. The number of piperidine rings is 1. The van der Waals surface area contributed by atoms with E-state index >= 15 is 0 Å². The molecule has 2 heterocycles. The fourth-order valence-electron chi connectivity index (χ4n) is 3.82. The van der Waals surface area contributed by atoms with E-state index in [9.17, 15) is 4.79 Å². The van der Waals surface area contributed by atoms with Crippen LogP contribution in [-0.2, 0) is 4.79 Å². The van der Waals surface area contributed by atoms with Crippen LogP contribution in [0.2, 0.25) is 5.02 Å². The van der Waals surface area contributed by atoms with Crippen molar-refractivity contribution in [3.8, 4) is 0 Å². The van der Waals surface area contributed by atoms with Crippen molar-refractivity contribution < 1.29 is 4.79 Å². The number of amides is 1. The van der Waals surface area contributed by atoms with Gasteiger partial charge in [0.1, 0.15) is 0 Å². The molecule has 6 nitrogen and oxygen atoms in total. The maximum atomic E-state index is 11.7. The molecule has 24 heavy (non-hydrogen) atoms. The third kappa shape index (κ3) is 3.49. The van der Waals surface area contributed by atoms with Gasteiger partial charge in [0.2, 0.25) is 5.91 Å². The fraction of sp³-hybridized carbons (Fsp3) is 0.529. The van der Waals surface area contributed by atoms with Crippen LogP contribution >= 0.6 is 11.6 Å². The van der Waals surface area contributed by atoms with Gasteiger partial charge >= 0.3 is 0 Å². The van der Waals surface area contributed by atoms with E-state index in [2.05, 4.69) is 15.8 Å². The number of nitrogens with one attached hydrogen (secondary N) is 3. The van der Waals surface area contributed by atoms with Gasteiger partial charge in [-0.25, -0.2) is 5.43 Å². The second-order valence-corrected chi connectivity index (χ2v) is 7.22. The fourth-order valence-corrected chi connectivity index (χ4v) is 4.04. The minimum absolute atomic E-state index is 0.0743. The molecule has 0 aromatic heterocycles. The van der Waals surface area contributed by atoms with E-state index in [4.69, 9.17) is 22.7 Å². The molecule has 130 valence electrons. The van der Waals surface area contributed by atoms with E-state index in [1.165, 1.54) is 6.21 Å². The summed E-state index contributed by atoms with van der Waals surface area (Å²) in [6.45, 7) is 2.59. The van der Waals surface area contributed by atoms with Crippen LogP contribution in [0.1, 0.15) is 37.7 Å². The van der Waals surface area contributed by atoms with Gasteiger partial charge in [-0.2, -0.15) is 0 Å². The molecule has 1 aromatic rings. The Labute approximate surface area is 147 Å². The first kappa shape index (κ1) is 17.0. The van der Waals surface area contributed by atoms with Crippen LogP contribution in [0.4, 0.5) is 11.4 Å². The van der Waals surface area contributed by atoms with Gasteiger partial charge in [-0.3, -0.25) is 10.2 Å². The maximum Gasteiger partial charge on any atom is 0.234 e. The second-order valence-electron chi connectivity index (χ2n) is 6.78. The minimum Gasteiger partial charge on any atom is -0.398 e. The zero-order valence-corrected chi connectivity index (χ0v) is 14.5. The third-order valence-electron chi connectivity index (χ3n) is 5.35. The minimum atomic E-state index is 0.0743. The van der Waals surface area contributed by atoms with Crippen LogP contribution in [-0.4, -0.2) is 31.8 Å². The largest absolute Gasteiger partial charge is 0.398 e. The van der Waals surface area contributed by atoms with Gasteiger partial charge in [0.25, 0.3) is 0 Å². The van der Waals surface area contributed by atoms with Crippen LogP contribution in [0, 0.1) is 10.8 Å². The predicted molar refractivity (Wildman–Crippen MR) is 97.6 cm³/mol. The van der Waals surface area contributed by atoms with E-state index in [0.717, 1.165) is 56.6 Å². The molecule has 5 N–H and O–H groups in total. The molecule has 2 aliphatic heterocycles. The Kier molecular flexibility index (Phi) is 4.96. The van der Waals surface area contributed by atoms with Gasteiger partial charge < -0.3 is 16.0 Å². The number of carbonyl (C=O) groups is 1. The average molecular weight is 350 g/mol. The number of hydrogen-bond acceptors (Lipinski definition) is 5. The smallest absolute Gasteiger partial charge is 0.234 e. The molecule has 7 heteroatoms. The van der Waals surface area contributed by atoms with Crippen LogP contribution in [0.25, 0.3) is 0 Å². The standard InChI is InChI=1S/C17H24ClN5O/c18-12-9-14(20)13(11-19)15(10-12)23-7-4-17(5-8-23)2-1-16(24)22-21-6-3-17/h9-11,19,21H,1-8,20H2,(H,22,24). The zero-order valence-electron chi connectivity index (χ0n) is 13.7. The molecule has 2 fully saturated rings. The highest BCUT2D eigenvalue weighted by Crippen LogP contribution is 2.42. The van der Waals surface area contributed by atoms with E-state index in [-0.39, 0.29) is 11.3 Å². The van der Waals surface area contributed by atoms with Gasteiger partial charge in [0.15, 0.2) is 0 Å². The van der Waals surface area contributed by atoms with Crippen molar-refractivity contribution in [3.05, 3.63) is 22.7 Å². The molecule has 1 amide bonds. The summed E-state index contributed by atoms with van der Waals surface area (Å²) < 4.78 is 0. The molecule has 1 spiro atoms. The SMILES string of the molecule is N=Cc1c(N)cc(Cl)cc1N1CCC2(CCNNC(=O)CC2)CC1. The number of anilines is 2. The topological polar surface area (TPSA) is 94.2 Å². The highest BCUT2D eigenvalue weighted by Gasteiger charge is 2.35. The molecule has 0 saturated carbocycles. The lowest BCUT2D eigenvalue weighted by Gasteiger charge is -2.44. The summed E-state index contributed by atoms with van der Waals surface area (Å²) in [5.41, 5.74) is 14.2. The molecular weight excluding hydrogens is 326 g/mol. The maximum absolute atomic E-state index is 11.7. The Balaban J connectivity index is 1.75. The number of nitrogens with two attached hydrogens (primary N) is 1. The van der Waals surface area contributed by atoms with Crippen molar-refractivity contribution >= 4 is 35.1 Å². The molecule has 1 aromatic carbocycles. The predicted octanol–water partition coefficient (Wildman–Crippen LogP) is 2.31. The van der Waals surface area contributed by atoms with Crippen LogP contribution in [0.15, 0.2) is 12.1 Å². The number of nitrogen functional groups attached to an aromatic ring is 1. The molecule has 0 bridgehead atoms. The highest BCUT2D eigenvalue weighted by molar-refractivity contribution is 6.31. The highest BCUT2D eigenvalue weighted by atomic mass is 35.5. The first-order valence-corrected chi connectivity index (χ1v) is 8.77. The number of hydrazine groups is 1. The van der Waals surface area contributed by atoms with E-state index in [1.54, 1.807) is 6.07 Å². The number of halogens is 1. The Morgan fingerprint density at radius 1 is 1.25 bits per heavy atom. The van der Waals surface area contributed by atoms with Crippen LogP contribution in [0.5, 0.6) is 0 Å². The lowest BCUT2D eigenvalue weighted by Crippen LogP contribution is -2.47. The van der Waals surface area contributed by atoms with E-state index < -0.39 is 0 Å². The molecule has 0 aliphatic carbocycles. The molecule has 0 atom stereocenters. The van der Waals surface area contributed by atoms with Crippen LogP contribution < -0.4 is 21.5 Å². The normalized spacial score (nSPS) is 21.0. The zero-order chi connectivity index (χ0) is 17.2. The van der Waals surface area contributed by atoms with Gasteiger partial charge in [-0.15, -0.1) is 0 Å². The summed E-state index contributed by atoms with van der Waals surface area (Å²) >= 11 is 6.16. The number of carbonyl (C=O) groups excluding carboxylic acids is 1. The first-order valence-electron chi connectivity index (χ1n) is 8.39. The Hall–Kier alpha value is -1.79. The molecule has 3 rings (SSSR count). The Morgan fingerprint density at radius 3 is 2.71 bits per heavy atom. The number of benzene rings is 1. The molecule has 0 radical (unpaired) electrons. The second kappa shape index (κ2) is 6.99. The summed E-state index contributed by atoms with van der Waals surface area (Å²) in [6, 6.07) is 3.58. The van der Waals surface area contributed by atoms with E-state index in [1.807, 2.05) is 6.07 Å². The summed E-state index contributed by atoms with van der Waals surface area (Å²) in [4.78, 5) is 13.9. The average Bonchev–Trinajstić information content (AvgIpc) is 2.56. The van der Waals surface area contributed by atoms with Crippen molar-refractivity contribution in [3.63, 3.8) is 0 Å².